The van der Waals surface area contributed by atoms with Gasteiger partial charge in [-0.1, -0.05) is 0 Å². The molecule has 0 bridgehead atoms. The zero-order valence-electron chi connectivity index (χ0n) is 19.3. The molecule has 0 amide bonds. The summed E-state index contributed by atoms with van der Waals surface area (Å²) in [6.45, 7) is 1.50. The first-order valence-electron chi connectivity index (χ1n) is 10.5. The first-order chi connectivity index (χ1) is 17.1. The van der Waals surface area contributed by atoms with Gasteiger partial charge in [-0.05, 0) is 19.1 Å². The van der Waals surface area contributed by atoms with E-state index in [0.29, 0.717) is 22.7 Å². The van der Waals surface area contributed by atoms with Gasteiger partial charge < -0.3 is 19.9 Å². The van der Waals surface area contributed by atoms with Crippen LogP contribution in [0.4, 0.5) is 30.6 Å². The zero-order valence-corrected chi connectivity index (χ0v) is 19.3. The molecule has 3 heterocycles. The van der Waals surface area contributed by atoms with Crippen molar-refractivity contribution in [3.63, 3.8) is 0 Å². The number of ether oxygens (including phenoxy) is 2. The minimum Gasteiger partial charge on any atom is -0.497 e. The summed E-state index contributed by atoms with van der Waals surface area (Å²) in [6, 6.07) is 4.41. The molecule has 0 spiro atoms. The van der Waals surface area contributed by atoms with Crippen molar-refractivity contribution in [2.75, 3.05) is 24.5 Å². The SMILES string of the molecule is COc1cc(Nc2ncc(-c3cncc(C(=O)O)c3)c(N3NC(C(F)(F)F)C=C3C)n2)cc(OC)c1. The normalized spacial score (nSPS) is 15.4. The first kappa shape index (κ1) is 24.7. The van der Waals surface area contributed by atoms with Crippen LogP contribution in [0.1, 0.15) is 17.3 Å². The summed E-state index contributed by atoms with van der Waals surface area (Å²) >= 11 is 0. The number of carbonyl (C=O) groups is 1. The maximum Gasteiger partial charge on any atom is 0.409 e. The summed E-state index contributed by atoms with van der Waals surface area (Å²) in [7, 11) is 2.99. The van der Waals surface area contributed by atoms with Gasteiger partial charge in [0, 0.05) is 59.3 Å². The summed E-state index contributed by atoms with van der Waals surface area (Å²) < 4.78 is 50.8. The van der Waals surface area contributed by atoms with Crippen LogP contribution in [0.5, 0.6) is 11.5 Å². The number of carboxylic acid groups (broad SMARTS) is 1. The molecule has 0 saturated carbocycles. The lowest BCUT2D eigenvalue weighted by molar-refractivity contribution is -0.142. The fourth-order valence-corrected chi connectivity index (χ4v) is 3.51. The largest absolute Gasteiger partial charge is 0.497 e. The Morgan fingerprint density at radius 3 is 2.39 bits per heavy atom. The zero-order chi connectivity index (χ0) is 26.0. The Labute approximate surface area is 203 Å². The van der Waals surface area contributed by atoms with Gasteiger partial charge in [-0.15, -0.1) is 0 Å². The molecular weight excluding hydrogens is 481 g/mol. The number of pyridine rings is 1. The number of halogens is 3. The number of aromatic carboxylic acids is 1. The molecule has 1 atom stereocenters. The summed E-state index contributed by atoms with van der Waals surface area (Å²) in [6.07, 6.45) is 0.410. The fourth-order valence-electron chi connectivity index (χ4n) is 3.51. The second kappa shape index (κ2) is 9.70. The number of rotatable bonds is 7. The maximum atomic E-state index is 13.4. The molecule has 0 aliphatic carbocycles. The van der Waals surface area contributed by atoms with Crippen LogP contribution in [0.2, 0.25) is 0 Å². The highest BCUT2D eigenvalue weighted by molar-refractivity contribution is 5.90. The molecule has 1 aromatic carbocycles. The Kier molecular flexibility index (Phi) is 6.66. The van der Waals surface area contributed by atoms with E-state index in [1.54, 1.807) is 18.2 Å². The van der Waals surface area contributed by atoms with Crippen LogP contribution < -0.4 is 25.2 Å². The summed E-state index contributed by atoms with van der Waals surface area (Å²) in [5.41, 5.74) is 3.62. The topological polar surface area (TPSA) is 122 Å². The summed E-state index contributed by atoms with van der Waals surface area (Å²) in [5, 5.41) is 13.5. The van der Waals surface area contributed by atoms with Crippen molar-refractivity contribution in [2.45, 2.75) is 19.1 Å². The van der Waals surface area contributed by atoms with Crippen LogP contribution in [0.15, 0.2) is 54.6 Å². The van der Waals surface area contributed by atoms with Gasteiger partial charge in [-0.2, -0.15) is 18.2 Å². The Hall–Kier alpha value is -4.39. The van der Waals surface area contributed by atoms with E-state index in [2.05, 4.69) is 25.7 Å². The van der Waals surface area contributed by atoms with Gasteiger partial charge in [0.15, 0.2) is 5.82 Å². The third kappa shape index (κ3) is 5.15. The van der Waals surface area contributed by atoms with Gasteiger partial charge in [-0.25, -0.2) is 15.2 Å². The number of allylic oxidation sites excluding steroid dienone is 1. The Morgan fingerprint density at radius 1 is 1.11 bits per heavy atom. The number of carboxylic acids is 1. The molecule has 4 rings (SSSR count). The summed E-state index contributed by atoms with van der Waals surface area (Å²) in [5.74, 6) is -0.0789. The smallest absolute Gasteiger partial charge is 0.409 e. The van der Waals surface area contributed by atoms with Crippen molar-refractivity contribution >= 4 is 23.4 Å². The van der Waals surface area contributed by atoms with Crippen molar-refractivity contribution in [3.05, 3.63) is 60.2 Å². The molecule has 0 saturated heterocycles. The quantitative estimate of drug-likeness (QED) is 0.434. The van der Waals surface area contributed by atoms with E-state index in [4.69, 9.17) is 9.47 Å². The Bertz CT molecular complexity index is 1310. The number of hydrogen-bond donors (Lipinski definition) is 3. The van der Waals surface area contributed by atoms with E-state index in [1.165, 1.54) is 44.6 Å². The van der Waals surface area contributed by atoms with Gasteiger partial charge in [0.25, 0.3) is 0 Å². The highest BCUT2D eigenvalue weighted by Crippen LogP contribution is 2.36. The van der Waals surface area contributed by atoms with Crippen LogP contribution in [0, 0.1) is 0 Å². The number of anilines is 3. The number of methoxy groups -OCH3 is 2. The summed E-state index contributed by atoms with van der Waals surface area (Å²) in [4.78, 5) is 24.1. The molecule has 3 aromatic rings. The molecule has 0 radical (unpaired) electrons. The van der Waals surface area contributed by atoms with Crippen molar-refractivity contribution in [2.24, 2.45) is 0 Å². The van der Waals surface area contributed by atoms with Crippen LogP contribution in [0.3, 0.4) is 0 Å². The van der Waals surface area contributed by atoms with Crippen LogP contribution >= 0.6 is 0 Å². The second-order valence-electron chi connectivity index (χ2n) is 7.72. The minimum atomic E-state index is -4.54. The highest BCUT2D eigenvalue weighted by atomic mass is 19.4. The van der Waals surface area contributed by atoms with Crippen molar-refractivity contribution < 1.29 is 32.5 Å². The lowest BCUT2D eigenvalue weighted by atomic mass is 10.1. The molecule has 188 valence electrons. The number of aromatic nitrogens is 3. The molecule has 3 N–H and O–H groups in total. The number of hydrogen-bond acceptors (Lipinski definition) is 9. The van der Waals surface area contributed by atoms with E-state index in [9.17, 15) is 23.1 Å². The average molecular weight is 502 g/mol. The molecule has 36 heavy (non-hydrogen) atoms. The predicted molar refractivity (Wildman–Crippen MR) is 124 cm³/mol. The lowest BCUT2D eigenvalue weighted by Gasteiger charge is -2.25. The fraction of sp³-hybridized carbons (Fsp3) is 0.217. The van der Waals surface area contributed by atoms with Gasteiger partial charge in [0.2, 0.25) is 5.95 Å². The van der Waals surface area contributed by atoms with Crippen LogP contribution in [0.25, 0.3) is 11.1 Å². The van der Waals surface area contributed by atoms with E-state index in [0.717, 1.165) is 12.3 Å². The van der Waals surface area contributed by atoms with Crippen molar-refractivity contribution in [3.8, 4) is 22.6 Å². The highest BCUT2D eigenvalue weighted by Gasteiger charge is 2.43. The Balaban J connectivity index is 1.79. The van der Waals surface area contributed by atoms with Crippen molar-refractivity contribution in [1.29, 1.82) is 0 Å². The molecule has 13 heteroatoms. The molecule has 1 unspecified atom stereocenters. The molecule has 0 fully saturated rings. The van der Waals surface area contributed by atoms with Gasteiger partial charge in [0.1, 0.15) is 17.5 Å². The second-order valence-corrected chi connectivity index (χ2v) is 7.72. The van der Waals surface area contributed by atoms with Gasteiger partial charge in [0.05, 0.1) is 19.8 Å². The average Bonchev–Trinajstić information content (AvgIpc) is 3.25. The maximum absolute atomic E-state index is 13.4. The van der Waals surface area contributed by atoms with E-state index < -0.39 is 18.2 Å². The Morgan fingerprint density at radius 2 is 1.81 bits per heavy atom. The molecule has 10 nitrogen and oxygen atoms in total. The van der Waals surface area contributed by atoms with E-state index in [1.807, 2.05) is 0 Å². The standard InChI is InChI=1S/C23H21F3N6O4/c1-12-4-19(23(24,25)26)31-32(12)20-18(13-5-14(21(33)34)10-27-9-13)11-28-22(30-20)29-15-6-16(35-2)8-17(7-15)36-3/h4-11,19,31H,1-3H3,(H,33,34)(H,28,29,30). The van der Waals surface area contributed by atoms with Crippen molar-refractivity contribution in [1.82, 2.24) is 20.4 Å². The minimum absolute atomic E-state index is 0.0622. The van der Waals surface area contributed by atoms with E-state index >= 15 is 0 Å². The van der Waals surface area contributed by atoms with Crippen LogP contribution in [-0.2, 0) is 0 Å². The van der Waals surface area contributed by atoms with E-state index in [-0.39, 0.29) is 28.6 Å². The van der Waals surface area contributed by atoms with Gasteiger partial charge >= 0.3 is 12.1 Å². The monoisotopic (exact) mass is 502 g/mol. The molecular formula is C23H21F3N6O4. The molecule has 1 aliphatic heterocycles. The first-order valence-corrected chi connectivity index (χ1v) is 10.5. The number of alkyl halides is 3. The number of hydrazine groups is 1. The third-order valence-corrected chi connectivity index (χ3v) is 5.27. The lowest BCUT2D eigenvalue weighted by Crippen LogP contribution is -2.45. The number of nitrogens with one attached hydrogen (secondary N) is 2. The third-order valence-electron chi connectivity index (χ3n) is 5.27. The molecule has 1 aliphatic rings. The predicted octanol–water partition coefficient (Wildman–Crippen LogP) is 4.16. The number of nitrogens with zero attached hydrogens (tertiary/aromatic N) is 4. The van der Waals surface area contributed by atoms with Crippen LogP contribution in [-0.4, -0.2) is 52.5 Å². The van der Waals surface area contributed by atoms with Gasteiger partial charge in [-0.3, -0.25) is 9.99 Å². The molecule has 2 aromatic heterocycles. The number of benzene rings is 1.